The lowest BCUT2D eigenvalue weighted by atomic mass is 9.71. The molecule has 3 aliphatic rings. The molecule has 3 aliphatic heterocycles. The number of halogens is 1. The van der Waals surface area contributed by atoms with E-state index in [1.807, 2.05) is 0 Å². The van der Waals surface area contributed by atoms with Crippen molar-refractivity contribution in [1.82, 2.24) is 4.90 Å². The number of thioether (sulfide) groups is 1. The topological polar surface area (TPSA) is 105 Å². The maximum absolute atomic E-state index is 13.7. The van der Waals surface area contributed by atoms with Gasteiger partial charge in [-0.25, -0.2) is 0 Å². The van der Waals surface area contributed by atoms with E-state index in [1.165, 1.54) is 0 Å². The van der Waals surface area contributed by atoms with Crippen LogP contribution in [-0.4, -0.2) is 75.5 Å². The van der Waals surface area contributed by atoms with E-state index in [4.69, 9.17) is 9.47 Å². The van der Waals surface area contributed by atoms with Gasteiger partial charge >= 0.3 is 5.97 Å². The standard InChI is InChI=1S/C23H29BrN2O6S/c1-3-32-22(30)16-17-21(29)26(10-4-5-11-27)19(23(17)12-15(24)18(16)33-23)20(28)25-13-6-8-14(31-2)9-7-13/h6-9,15-19,27H,3-5,10-12H2,1-2H3,(H,25,28)/t15?,16-,17-,18-,19?,23?/m0/s1. The van der Waals surface area contributed by atoms with E-state index in [9.17, 15) is 19.5 Å². The maximum Gasteiger partial charge on any atom is 0.310 e. The number of rotatable bonds is 9. The molecule has 1 aromatic rings. The summed E-state index contributed by atoms with van der Waals surface area (Å²) in [5.74, 6) is -1.31. The van der Waals surface area contributed by atoms with Crippen molar-refractivity contribution in [2.45, 2.75) is 47.1 Å². The Balaban J connectivity index is 1.67. The first-order valence-electron chi connectivity index (χ1n) is 11.2. The van der Waals surface area contributed by atoms with Gasteiger partial charge in [-0.1, -0.05) is 15.9 Å². The molecule has 8 nitrogen and oxygen atoms in total. The van der Waals surface area contributed by atoms with Crippen LogP contribution in [0.25, 0.3) is 0 Å². The molecule has 1 aromatic carbocycles. The van der Waals surface area contributed by atoms with Crippen LogP contribution in [0.4, 0.5) is 5.69 Å². The Bertz CT molecular complexity index is 915. The number of hydrogen-bond donors (Lipinski definition) is 2. The summed E-state index contributed by atoms with van der Waals surface area (Å²) in [7, 11) is 1.58. The van der Waals surface area contributed by atoms with E-state index in [1.54, 1.807) is 55.0 Å². The van der Waals surface area contributed by atoms with Crippen LogP contribution in [0.2, 0.25) is 0 Å². The molecule has 2 amide bonds. The molecule has 2 N–H and O–H groups in total. The van der Waals surface area contributed by atoms with Gasteiger partial charge in [-0.15, -0.1) is 11.8 Å². The summed E-state index contributed by atoms with van der Waals surface area (Å²) in [6, 6.07) is 6.32. The van der Waals surface area contributed by atoms with Crippen LogP contribution < -0.4 is 10.1 Å². The number of anilines is 1. The molecule has 0 radical (unpaired) electrons. The molecule has 180 valence electrons. The quantitative estimate of drug-likeness (QED) is 0.281. The summed E-state index contributed by atoms with van der Waals surface area (Å²) in [4.78, 5) is 41.9. The average Bonchev–Trinajstić information content (AvgIpc) is 3.38. The van der Waals surface area contributed by atoms with Gasteiger partial charge in [-0.05, 0) is 50.5 Å². The predicted molar refractivity (Wildman–Crippen MR) is 128 cm³/mol. The Kier molecular flexibility index (Phi) is 7.26. The highest BCUT2D eigenvalue weighted by Crippen LogP contribution is 2.67. The van der Waals surface area contributed by atoms with Crippen molar-refractivity contribution in [3.8, 4) is 5.75 Å². The summed E-state index contributed by atoms with van der Waals surface area (Å²) in [6.45, 7) is 2.37. The first-order chi connectivity index (χ1) is 15.9. The van der Waals surface area contributed by atoms with E-state index < -0.39 is 22.6 Å². The maximum atomic E-state index is 13.7. The van der Waals surface area contributed by atoms with Crippen molar-refractivity contribution in [3.63, 3.8) is 0 Å². The van der Waals surface area contributed by atoms with Gasteiger partial charge in [0.15, 0.2) is 0 Å². The molecule has 0 saturated carbocycles. The van der Waals surface area contributed by atoms with Crippen LogP contribution >= 0.6 is 27.7 Å². The van der Waals surface area contributed by atoms with E-state index in [0.717, 1.165) is 0 Å². The van der Waals surface area contributed by atoms with Gasteiger partial charge in [0.05, 0.1) is 30.3 Å². The fourth-order valence-electron chi connectivity index (χ4n) is 5.46. The number of carbonyl (C=O) groups is 3. The summed E-state index contributed by atoms with van der Waals surface area (Å²) >= 11 is 5.29. The van der Waals surface area contributed by atoms with Crippen LogP contribution in [-0.2, 0) is 19.1 Å². The normalized spacial score (nSPS) is 32.1. The Morgan fingerprint density at radius 1 is 1.30 bits per heavy atom. The van der Waals surface area contributed by atoms with Gasteiger partial charge in [0, 0.05) is 28.9 Å². The minimum atomic E-state index is -0.717. The zero-order valence-corrected chi connectivity index (χ0v) is 21.1. The van der Waals surface area contributed by atoms with Crippen molar-refractivity contribution in [3.05, 3.63) is 24.3 Å². The van der Waals surface area contributed by atoms with Crippen LogP contribution in [0.15, 0.2) is 24.3 Å². The number of carbonyl (C=O) groups excluding carboxylic acids is 3. The molecule has 1 spiro atoms. The van der Waals surface area contributed by atoms with Gasteiger partial charge in [0.2, 0.25) is 11.8 Å². The lowest BCUT2D eigenvalue weighted by molar-refractivity contribution is -0.153. The number of aliphatic hydroxyl groups excluding tert-OH is 1. The average molecular weight is 541 g/mol. The van der Waals surface area contributed by atoms with E-state index in [0.29, 0.717) is 37.2 Å². The Morgan fingerprint density at radius 3 is 2.67 bits per heavy atom. The predicted octanol–water partition coefficient (Wildman–Crippen LogP) is 2.43. The number of methoxy groups -OCH3 is 1. The number of aliphatic hydroxyl groups is 1. The summed E-state index contributed by atoms with van der Waals surface area (Å²) < 4.78 is 9.82. The van der Waals surface area contributed by atoms with E-state index in [2.05, 4.69) is 21.2 Å². The molecule has 4 rings (SSSR count). The fourth-order valence-corrected chi connectivity index (χ4v) is 9.06. The smallest absolute Gasteiger partial charge is 0.310 e. The number of ether oxygens (including phenoxy) is 2. The second kappa shape index (κ2) is 9.84. The number of alkyl halides is 1. The van der Waals surface area contributed by atoms with E-state index >= 15 is 0 Å². The lowest BCUT2D eigenvalue weighted by Gasteiger charge is -2.35. The Morgan fingerprint density at radius 2 is 2.03 bits per heavy atom. The molecule has 0 aromatic heterocycles. The van der Waals surface area contributed by atoms with Crippen molar-refractivity contribution in [2.75, 3.05) is 32.2 Å². The molecular weight excluding hydrogens is 512 g/mol. The number of amides is 2. The SMILES string of the molecule is CCOC(=O)[C@H]1[C@H]2C(=O)N(CCCCO)C(C(=O)Nc3ccc(OC)cc3)C23CC(Br)[C@@H]1S3. The van der Waals surface area contributed by atoms with Crippen molar-refractivity contribution >= 4 is 51.2 Å². The number of fused-ring (bicyclic) bond motifs is 1. The number of benzene rings is 1. The van der Waals surface area contributed by atoms with Crippen molar-refractivity contribution in [1.29, 1.82) is 0 Å². The largest absolute Gasteiger partial charge is 0.497 e. The third-order valence-corrected chi connectivity index (χ3v) is 9.98. The second-order valence-electron chi connectivity index (χ2n) is 8.60. The monoisotopic (exact) mass is 540 g/mol. The molecule has 2 bridgehead atoms. The van der Waals surface area contributed by atoms with Crippen molar-refractivity contribution < 1.29 is 29.0 Å². The molecular formula is C23H29BrN2O6S. The van der Waals surface area contributed by atoms with Crippen LogP contribution in [0.3, 0.4) is 0 Å². The highest BCUT2D eigenvalue weighted by Gasteiger charge is 2.75. The van der Waals surface area contributed by atoms with Crippen molar-refractivity contribution in [2.24, 2.45) is 11.8 Å². The molecule has 3 unspecified atom stereocenters. The van der Waals surface area contributed by atoms with Crippen LogP contribution in [0, 0.1) is 11.8 Å². The minimum Gasteiger partial charge on any atom is -0.497 e. The zero-order valence-electron chi connectivity index (χ0n) is 18.7. The molecule has 6 atom stereocenters. The fraction of sp³-hybridized carbons (Fsp3) is 0.609. The van der Waals surface area contributed by atoms with E-state index in [-0.39, 0.29) is 41.1 Å². The second-order valence-corrected chi connectivity index (χ2v) is 11.3. The molecule has 33 heavy (non-hydrogen) atoms. The molecule has 0 aliphatic carbocycles. The van der Waals surface area contributed by atoms with Crippen LogP contribution in [0.1, 0.15) is 26.2 Å². The first kappa shape index (κ1) is 24.3. The van der Waals surface area contributed by atoms with Gasteiger partial charge in [0.25, 0.3) is 0 Å². The number of esters is 1. The van der Waals surface area contributed by atoms with Gasteiger partial charge in [0.1, 0.15) is 11.8 Å². The minimum absolute atomic E-state index is 0.00892. The number of nitrogens with one attached hydrogen (secondary N) is 1. The molecule has 3 fully saturated rings. The molecule has 10 heteroatoms. The first-order valence-corrected chi connectivity index (χ1v) is 13.0. The highest BCUT2D eigenvalue weighted by molar-refractivity contribution is 9.09. The summed E-state index contributed by atoms with van der Waals surface area (Å²) in [5, 5.41) is 12.1. The Labute approximate surface area is 205 Å². The number of unbranched alkanes of at least 4 members (excludes halogenated alkanes) is 1. The van der Waals surface area contributed by atoms with Gasteiger partial charge in [-0.2, -0.15) is 0 Å². The molecule has 3 heterocycles. The van der Waals surface area contributed by atoms with Gasteiger partial charge < -0.3 is 24.8 Å². The van der Waals surface area contributed by atoms with Crippen LogP contribution in [0.5, 0.6) is 5.75 Å². The lowest BCUT2D eigenvalue weighted by Crippen LogP contribution is -2.52. The number of hydrogen-bond acceptors (Lipinski definition) is 7. The molecule has 3 saturated heterocycles. The number of likely N-dealkylation sites (tertiary alicyclic amines) is 1. The zero-order chi connectivity index (χ0) is 23.8. The summed E-state index contributed by atoms with van der Waals surface area (Å²) in [6.07, 6.45) is 1.73. The third kappa shape index (κ3) is 4.14. The Hall–Kier alpha value is -1.78. The number of nitrogens with zero attached hydrogens (tertiary/aromatic N) is 1. The van der Waals surface area contributed by atoms with Gasteiger partial charge in [-0.3, -0.25) is 14.4 Å². The third-order valence-electron chi connectivity index (χ3n) is 6.76. The summed E-state index contributed by atoms with van der Waals surface area (Å²) in [5.41, 5.74) is 0.610. The highest BCUT2D eigenvalue weighted by atomic mass is 79.9.